The van der Waals surface area contributed by atoms with Crippen molar-refractivity contribution in [2.45, 2.75) is 33.6 Å². The number of aliphatic hydroxyl groups excluding tert-OH is 1. The fourth-order valence-electron chi connectivity index (χ4n) is 1.56. The van der Waals surface area contributed by atoms with Gasteiger partial charge < -0.3 is 9.84 Å². The lowest BCUT2D eigenvalue weighted by atomic mass is 9.88. The fourth-order valence-corrected chi connectivity index (χ4v) is 1.56. The number of hydrogen-bond donors (Lipinski definition) is 1. The minimum absolute atomic E-state index is 0.00957. The molecule has 0 aromatic rings. The number of nitrogens with zero attached hydrogens (tertiary/aromatic N) is 1. The van der Waals surface area contributed by atoms with Crippen LogP contribution in [0.3, 0.4) is 0 Å². The Hall–Kier alpha value is -0.940. The van der Waals surface area contributed by atoms with E-state index in [1.54, 1.807) is 13.8 Å². The van der Waals surface area contributed by atoms with Crippen LogP contribution in [0.15, 0.2) is 0 Å². The summed E-state index contributed by atoms with van der Waals surface area (Å²) in [5.74, 6) is -0.703. The van der Waals surface area contributed by atoms with Crippen LogP contribution in [-0.2, 0) is 14.3 Å². The highest BCUT2D eigenvalue weighted by atomic mass is 16.5. The van der Waals surface area contributed by atoms with Gasteiger partial charge in [-0.15, -0.1) is 0 Å². The molecule has 5 heteroatoms. The molecule has 0 rings (SSSR count). The Labute approximate surface area is 109 Å². The molecule has 0 atom stereocenters. The quantitative estimate of drug-likeness (QED) is 0.491. The summed E-state index contributed by atoms with van der Waals surface area (Å²) >= 11 is 0. The van der Waals surface area contributed by atoms with Gasteiger partial charge in [-0.2, -0.15) is 0 Å². The molecule has 0 spiro atoms. The van der Waals surface area contributed by atoms with E-state index < -0.39 is 11.4 Å². The van der Waals surface area contributed by atoms with Gasteiger partial charge in [0.2, 0.25) is 0 Å². The molecular formula is C13H25NO4. The minimum Gasteiger partial charge on any atom is -0.468 e. The van der Waals surface area contributed by atoms with Crippen molar-refractivity contribution in [2.24, 2.45) is 5.41 Å². The molecule has 1 N–H and O–H groups in total. The van der Waals surface area contributed by atoms with E-state index in [4.69, 9.17) is 5.11 Å². The molecule has 0 radical (unpaired) electrons. The Morgan fingerprint density at radius 1 is 1.28 bits per heavy atom. The first-order valence-electron chi connectivity index (χ1n) is 6.35. The number of methoxy groups -OCH3 is 1. The summed E-state index contributed by atoms with van der Waals surface area (Å²) in [5.41, 5.74) is -1.13. The number of ketones is 1. The molecular weight excluding hydrogens is 234 g/mol. The molecule has 0 aliphatic rings. The third-order valence-corrected chi connectivity index (χ3v) is 3.00. The van der Waals surface area contributed by atoms with Crippen molar-refractivity contribution >= 4 is 11.8 Å². The van der Waals surface area contributed by atoms with Gasteiger partial charge in [-0.1, -0.05) is 13.3 Å². The van der Waals surface area contributed by atoms with Crippen LogP contribution in [0, 0.1) is 5.41 Å². The molecule has 0 aliphatic carbocycles. The van der Waals surface area contributed by atoms with Gasteiger partial charge >= 0.3 is 5.97 Å². The van der Waals surface area contributed by atoms with Crippen molar-refractivity contribution in [3.8, 4) is 0 Å². The number of hydrogen-bond acceptors (Lipinski definition) is 5. The number of Topliss-reactive ketones (excluding diaryl/α,β-unsaturated/α-hetero) is 1. The molecule has 5 nitrogen and oxygen atoms in total. The largest absolute Gasteiger partial charge is 0.468 e. The molecule has 0 fully saturated rings. The normalized spacial score (nSPS) is 11.7. The molecule has 0 aromatic carbocycles. The Balaban J connectivity index is 4.52. The lowest BCUT2D eigenvalue weighted by molar-refractivity contribution is -0.156. The van der Waals surface area contributed by atoms with Crippen LogP contribution < -0.4 is 0 Å². The number of esters is 1. The topological polar surface area (TPSA) is 66.8 Å². The van der Waals surface area contributed by atoms with Crippen LogP contribution in [0.2, 0.25) is 0 Å². The van der Waals surface area contributed by atoms with Crippen molar-refractivity contribution in [1.82, 2.24) is 4.90 Å². The highest BCUT2D eigenvalue weighted by Crippen LogP contribution is 2.19. The molecule has 106 valence electrons. The maximum Gasteiger partial charge on any atom is 0.318 e. The van der Waals surface area contributed by atoms with Gasteiger partial charge in [0.25, 0.3) is 0 Å². The first-order chi connectivity index (χ1) is 8.39. The Bertz CT molecular complexity index is 276. The Morgan fingerprint density at radius 3 is 2.33 bits per heavy atom. The SMILES string of the molecule is CCCCN(CCO)CC(=O)C(C)(C)C(=O)OC. The monoisotopic (exact) mass is 259 g/mol. The third-order valence-electron chi connectivity index (χ3n) is 3.00. The van der Waals surface area contributed by atoms with Gasteiger partial charge in [-0.3, -0.25) is 14.5 Å². The standard InChI is InChI=1S/C13H25NO4/c1-5-6-7-14(8-9-15)10-11(16)13(2,3)12(17)18-4/h15H,5-10H2,1-4H3. The second-order valence-corrected chi connectivity index (χ2v) is 4.89. The zero-order chi connectivity index (χ0) is 14.2. The number of carbonyl (C=O) groups excluding carboxylic acids is 2. The average Bonchev–Trinajstić information content (AvgIpc) is 2.34. The van der Waals surface area contributed by atoms with Crippen LogP contribution in [0.1, 0.15) is 33.6 Å². The molecule has 0 unspecified atom stereocenters. The molecule has 0 aliphatic heterocycles. The summed E-state index contributed by atoms with van der Waals surface area (Å²) in [5, 5.41) is 8.96. The van der Waals surface area contributed by atoms with Crippen molar-refractivity contribution in [3.05, 3.63) is 0 Å². The van der Waals surface area contributed by atoms with Crippen LogP contribution in [0.25, 0.3) is 0 Å². The minimum atomic E-state index is -1.13. The predicted molar refractivity (Wildman–Crippen MR) is 69.2 cm³/mol. The maximum absolute atomic E-state index is 12.1. The summed E-state index contributed by atoms with van der Waals surface area (Å²) < 4.78 is 4.63. The van der Waals surface area contributed by atoms with Gasteiger partial charge in [-0.25, -0.2) is 0 Å². The summed E-state index contributed by atoms with van der Waals surface area (Å²) in [6.45, 7) is 6.58. The highest BCUT2D eigenvalue weighted by molar-refractivity contribution is 6.03. The van der Waals surface area contributed by atoms with Gasteiger partial charge in [0, 0.05) is 6.54 Å². The molecule has 18 heavy (non-hydrogen) atoms. The number of ether oxygens (including phenoxy) is 1. The smallest absolute Gasteiger partial charge is 0.318 e. The molecule has 0 heterocycles. The second kappa shape index (κ2) is 8.21. The number of unbranched alkanes of at least 4 members (excludes halogenated alkanes) is 1. The number of aliphatic hydroxyl groups is 1. The zero-order valence-corrected chi connectivity index (χ0v) is 11.9. The Kier molecular flexibility index (Phi) is 7.78. The molecule has 0 amide bonds. The van der Waals surface area contributed by atoms with Gasteiger partial charge in [0.1, 0.15) is 5.41 Å². The summed E-state index contributed by atoms with van der Waals surface area (Å²) in [7, 11) is 1.28. The Morgan fingerprint density at radius 2 is 1.89 bits per heavy atom. The average molecular weight is 259 g/mol. The van der Waals surface area contributed by atoms with E-state index >= 15 is 0 Å². The molecule has 0 aromatic heterocycles. The molecule has 0 saturated carbocycles. The molecule has 0 saturated heterocycles. The highest BCUT2D eigenvalue weighted by Gasteiger charge is 2.37. The third kappa shape index (κ3) is 5.14. The first-order valence-corrected chi connectivity index (χ1v) is 6.35. The lowest BCUT2D eigenvalue weighted by Gasteiger charge is -2.25. The van der Waals surface area contributed by atoms with E-state index in [9.17, 15) is 9.59 Å². The van der Waals surface area contributed by atoms with Crippen molar-refractivity contribution in [2.75, 3.05) is 33.4 Å². The van der Waals surface area contributed by atoms with Crippen LogP contribution in [0.5, 0.6) is 0 Å². The van der Waals surface area contributed by atoms with E-state index in [1.807, 2.05) is 4.90 Å². The summed E-state index contributed by atoms with van der Waals surface area (Å²) in [6, 6.07) is 0. The van der Waals surface area contributed by atoms with Gasteiger partial charge in [-0.05, 0) is 26.8 Å². The second-order valence-electron chi connectivity index (χ2n) is 4.89. The van der Waals surface area contributed by atoms with Crippen LogP contribution in [0.4, 0.5) is 0 Å². The van der Waals surface area contributed by atoms with Crippen LogP contribution in [-0.4, -0.2) is 55.1 Å². The summed E-state index contributed by atoms with van der Waals surface area (Å²) in [6.07, 6.45) is 1.99. The van der Waals surface area contributed by atoms with E-state index in [2.05, 4.69) is 11.7 Å². The van der Waals surface area contributed by atoms with Crippen LogP contribution >= 0.6 is 0 Å². The number of carbonyl (C=O) groups is 2. The van der Waals surface area contributed by atoms with Crippen molar-refractivity contribution in [1.29, 1.82) is 0 Å². The first kappa shape index (κ1) is 17.1. The lowest BCUT2D eigenvalue weighted by Crippen LogP contribution is -2.43. The zero-order valence-electron chi connectivity index (χ0n) is 11.9. The van der Waals surface area contributed by atoms with E-state index in [-0.39, 0.29) is 18.9 Å². The van der Waals surface area contributed by atoms with Gasteiger partial charge in [0.15, 0.2) is 5.78 Å². The van der Waals surface area contributed by atoms with E-state index in [1.165, 1.54) is 7.11 Å². The van der Waals surface area contributed by atoms with Gasteiger partial charge in [0.05, 0.1) is 20.3 Å². The van der Waals surface area contributed by atoms with Crippen molar-refractivity contribution < 1.29 is 19.4 Å². The van der Waals surface area contributed by atoms with E-state index in [0.717, 1.165) is 19.4 Å². The number of rotatable bonds is 9. The van der Waals surface area contributed by atoms with E-state index in [0.29, 0.717) is 6.54 Å². The molecule has 0 bridgehead atoms. The maximum atomic E-state index is 12.1. The fraction of sp³-hybridized carbons (Fsp3) is 0.846. The predicted octanol–water partition coefficient (Wildman–Crippen LogP) is 0.849. The van der Waals surface area contributed by atoms with Crippen molar-refractivity contribution in [3.63, 3.8) is 0 Å². The summed E-state index contributed by atoms with van der Waals surface area (Å²) in [4.78, 5) is 25.5.